The summed E-state index contributed by atoms with van der Waals surface area (Å²) >= 11 is 0. The minimum Gasteiger partial charge on any atom is -0.493 e. The third kappa shape index (κ3) is 3.07. The maximum Gasteiger partial charge on any atom is 0.167 e. The molecule has 22 heavy (non-hydrogen) atoms. The van der Waals surface area contributed by atoms with Crippen LogP contribution in [0.5, 0.6) is 11.5 Å². The summed E-state index contributed by atoms with van der Waals surface area (Å²) in [6.45, 7) is 3.67. The molecule has 0 aliphatic heterocycles. The Kier molecular flexibility index (Phi) is 5.00. The van der Waals surface area contributed by atoms with Crippen LogP contribution in [-0.4, -0.2) is 20.8 Å². The van der Waals surface area contributed by atoms with Gasteiger partial charge in [0.1, 0.15) is 5.67 Å². The Bertz CT molecular complexity index is 517. The van der Waals surface area contributed by atoms with E-state index >= 15 is 0 Å². The second kappa shape index (κ2) is 6.45. The highest BCUT2D eigenvalue weighted by Gasteiger charge is 2.36. The normalized spacial score (nSPS) is 18.1. The van der Waals surface area contributed by atoms with E-state index in [1.165, 1.54) is 19.3 Å². The molecule has 0 unspecified atom stereocenters. The van der Waals surface area contributed by atoms with Crippen molar-refractivity contribution in [3.63, 3.8) is 0 Å². The molecule has 1 aromatic rings. The van der Waals surface area contributed by atoms with Crippen molar-refractivity contribution in [2.75, 3.05) is 20.8 Å². The Labute approximate surface area is 133 Å². The first kappa shape index (κ1) is 17.1. The van der Waals surface area contributed by atoms with Gasteiger partial charge >= 0.3 is 0 Å². The fourth-order valence-corrected chi connectivity index (χ4v) is 3.55. The second-order valence-corrected chi connectivity index (χ2v) is 6.78. The molecule has 0 amide bonds. The molecule has 0 atom stereocenters. The molecule has 4 heteroatoms. The summed E-state index contributed by atoms with van der Waals surface area (Å²) in [5, 5.41) is 0. The van der Waals surface area contributed by atoms with Crippen molar-refractivity contribution < 1.29 is 13.9 Å². The van der Waals surface area contributed by atoms with Gasteiger partial charge in [0.15, 0.2) is 11.5 Å². The summed E-state index contributed by atoms with van der Waals surface area (Å²) in [4.78, 5) is 0. The Hall–Kier alpha value is -1.29. The van der Waals surface area contributed by atoms with Crippen LogP contribution in [0.3, 0.4) is 0 Å². The summed E-state index contributed by atoms with van der Waals surface area (Å²) in [7, 11) is 3.14. The van der Waals surface area contributed by atoms with Gasteiger partial charge in [-0.2, -0.15) is 0 Å². The lowest BCUT2D eigenvalue weighted by molar-refractivity contribution is 0.209. The van der Waals surface area contributed by atoms with Gasteiger partial charge in [-0.3, -0.25) is 0 Å². The molecule has 2 N–H and O–H groups in total. The molecule has 2 rings (SSSR count). The van der Waals surface area contributed by atoms with E-state index < -0.39 is 5.67 Å². The number of hydrogen-bond acceptors (Lipinski definition) is 3. The van der Waals surface area contributed by atoms with E-state index in [9.17, 15) is 4.39 Å². The second-order valence-electron chi connectivity index (χ2n) is 6.78. The van der Waals surface area contributed by atoms with Crippen LogP contribution in [0, 0.1) is 0 Å². The maximum absolute atomic E-state index is 14.7. The lowest BCUT2D eigenvalue weighted by Crippen LogP contribution is -2.37. The van der Waals surface area contributed by atoms with E-state index in [0.717, 1.165) is 18.4 Å². The standard InChI is InChI=1S/C18H28FNO2/c1-17(2,19)14-10-13(11-15(21-3)16(14)22-4)18(12-20)8-6-5-7-9-18/h10-11H,5-9,12,20H2,1-4H3. The Morgan fingerprint density at radius 2 is 1.77 bits per heavy atom. The maximum atomic E-state index is 14.7. The number of halogens is 1. The number of hydrogen-bond donors (Lipinski definition) is 1. The van der Waals surface area contributed by atoms with Crippen LogP contribution in [0.1, 0.15) is 57.1 Å². The molecule has 3 nitrogen and oxygen atoms in total. The molecule has 124 valence electrons. The Morgan fingerprint density at radius 1 is 1.14 bits per heavy atom. The highest BCUT2D eigenvalue weighted by molar-refractivity contribution is 5.53. The van der Waals surface area contributed by atoms with Gasteiger partial charge in [-0.25, -0.2) is 4.39 Å². The largest absolute Gasteiger partial charge is 0.493 e. The predicted octanol–water partition coefficient (Wildman–Crippen LogP) is 4.07. The summed E-state index contributed by atoms with van der Waals surface area (Å²) < 4.78 is 25.6. The van der Waals surface area contributed by atoms with E-state index in [0.29, 0.717) is 23.6 Å². The molecular weight excluding hydrogens is 281 g/mol. The highest BCUT2D eigenvalue weighted by Crippen LogP contribution is 2.46. The lowest BCUT2D eigenvalue weighted by atomic mass is 9.69. The van der Waals surface area contributed by atoms with Gasteiger partial charge in [0, 0.05) is 17.5 Å². The monoisotopic (exact) mass is 309 g/mol. The molecule has 0 spiro atoms. The van der Waals surface area contributed by atoms with Crippen molar-refractivity contribution in [1.82, 2.24) is 0 Å². The first-order valence-corrected chi connectivity index (χ1v) is 8.04. The van der Waals surface area contributed by atoms with Crippen LogP contribution in [0.4, 0.5) is 4.39 Å². The number of benzene rings is 1. The first-order valence-electron chi connectivity index (χ1n) is 8.04. The van der Waals surface area contributed by atoms with Crippen LogP contribution < -0.4 is 15.2 Å². The first-order chi connectivity index (χ1) is 10.4. The van der Waals surface area contributed by atoms with Gasteiger partial charge in [-0.15, -0.1) is 0 Å². The van der Waals surface area contributed by atoms with E-state index in [1.807, 2.05) is 12.1 Å². The molecule has 1 saturated carbocycles. The number of alkyl halides is 1. The SMILES string of the molecule is COc1cc(C2(CN)CCCCC2)cc(C(C)(C)F)c1OC. The molecule has 0 heterocycles. The topological polar surface area (TPSA) is 44.5 Å². The Balaban J connectivity index is 2.61. The molecule has 0 saturated heterocycles. The zero-order valence-electron chi connectivity index (χ0n) is 14.2. The van der Waals surface area contributed by atoms with Crippen LogP contribution in [0.15, 0.2) is 12.1 Å². The van der Waals surface area contributed by atoms with Crippen molar-refractivity contribution in [2.24, 2.45) is 5.73 Å². The molecule has 1 aromatic carbocycles. The Morgan fingerprint density at radius 3 is 2.23 bits per heavy atom. The average molecular weight is 309 g/mol. The zero-order valence-corrected chi connectivity index (χ0v) is 14.2. The molecule has 1 fully saturated rings. The van der Waals surface area contributed by atoms with Gasteiger partial charge in [-0.05, 0) is 44.4 Å². The molecule has 0 bridgehead atoms. The van der Waals surface area contributed by atoms with Gasteiger partial charge < -0.3 is 15.2 Å². The summed E-state index contributed by atoms with van der Waals surface area (Å²) in [5.41, 5.74) is 6.16. The summed E-state index contributed by atoms with van der Waals surface area (Å²) in [6, 6.07) is 3.91. The third-order valence-corrected chi connectivity index (χ3v) is 4.93. The molecule has 1 aliphatic rings. The lowest BCUT2D eigenvalue weighted by Gasteiger charge is -2.38. The average Bonchev–Trinajstić information content (AvgIpc) is 2.53. The number of ether oxygens (including phenoxy) is 2. The summed E-state index contributed by atoms with van der Waals surface area (Å²) in [5.74, 6) is 1.06. The van der Waals surface area contributed by atoms with Crippen molar-refractivity contribution in [2.45, 2.75) is 57.0 Å². The van der Waals surface area contributed by atoms with Crippen molar-refractivity contribution >= 4 is 0 Å². The van der Waals surface area contributed by atoms with E-state index in [1.54, 1.807) is 28.1 Å². The number of rotatable bonds is 5. The third-order valence-electron chi connectivity index (χ3n) is 4.93. The van der Waals surface area contributed by atoms with E-state index in [2.05, 4.69) is 0 Å². The van der Waals surface area contributed by atoms with Crippen LogP contribution in [0.25, 0.3) is 0 Å². The minimum atomic E-state index is -1.50. The van der Waals surface area contributed by atoms with E-state index in [4.69, 9.17) is 15.2 Å². The number of methoxy groups -OCH3 is 2. The van der Waals surface area contributed by atoms with Gasteiger partial charge in [0.05, 0.1) is 14.2 Å². The summed E-state index contributed by atoms with van der Waals surface area (Å²) in [6.07, 6.45) is 5.67. The molecule has 0 aromatic heterocycles. The number of nitrogens with two attached hydrogens (primary N) is 1. The fraction of sp³-hybridized carbons (Fsp3) is 0.667. The van der Waals surface area contributed by atoms with Gasteiger partial charge in [0.25, 0.3) is 0 Å². The highest BCUT2D eigenvalue weighted by atomic mass is 19.1. The minimum absolute atomic E-state index is 0.0716. The smallest absolute Gasteiger partial charge is 0.167 e. The molecular formula is C18H28FNO2. The quantitative estimate of drug-likeness (QED) is 0.891. The van der Waals surface area contributed by atoms with Crippen LogP contribution in [-0.2, 0) is 11.1 Å². The molecule has 0 radical (unpaired) electrons. The van der Waals surface area contributed by atoms with E-state index in [-0.39, 0.29) is 5.41 Å². The van der Waals surface area contributed by atoms with Gasteiger partial charge in [0.2, 0.25) is 0 Å². The van der Waals surface area contributed by atoms with Crippen molar-refractivity contribution in [1.29, 1.82) is 0 Å². The van der Waals surface area contributed by atoms with Crippen molar-refractivity contribution in [3.8, 4) is 11.5 Å². The zero-order chi connectivity index (χ0) is 16.4. The van der Waals surface area contributed by atoms with Crippen molar-refractivity contribution in [3.05, 3.63) is 23.3 Å². The van der Waals surface area contributed by atoms with Crippen LogP contribution >= 0.6 is 0 Å². The molecule has 1 aliphatic carbocycles. The van der Waals surface area contributed by atoms with Gasteiger partial charge in [-0.1, -0.05) is 19.3 Å². The fourth-order valence-electron chi connectivity index (χ4n) is 3.55. The predicted molar refractivity (Wildman–Crippen MR) is 87.5 cm³/mol. The van der Waals surface area contributed by atoms with Crippen LogP contribution in [0.2, 0.25) is 0 Å².